The van der Waals surface area contributed by atoms with Gasteiger partial charge in [-0.2, -0.15) is 0 Å². The maximum absolute atomic E-state index is 11.5. The van der Waals surface area contributed by atoms with Gasteiger partial charge in [0.25, 0.3) is 0 Å². The van der Waals surface area contributed by atoms with Crippen molar-refractivity contribution in [3.05, 3.63) is 10.6 Å². The normalized spacial score (nSPS) is 21.0. The summed E-state index contributed by atoms with van der Waals surface area (Å²) in [4.78, 5) is 8.61. The summed E-state index contributed by atoms with van der Waals surface area (Å²) >= 11 is 1.82. The fourth-order valence-electron chi connectivity index (χ4n) is 2.53. The smallest absolute Gasteiger partial charge is 0.185 e. The van der Waals surface area contributed by atoms with Crippen LogP contribution in [0.4, 0.5) is 5.13 Å². The van der Waals surface area contributed by atoms with Crippen LogP contribution in [0.2, 0.25) is 0 Å². The molecule has 6 heteroatoms. The van der Waals surface area contributed by atoms with Gasteiger partial charge in [0.05, 0.1) is 5.69 Å². The van der Waals surface area contributed by atoms with Gasteiger partial charge in [0.15, 0.2) is 5.13 Å². The minimum Gasteiger partial charge on any atom is -0.346 e. The second-order valence-electron chi connectivity index (χ2n) is 7.01. The Morgan fingerprint density at radius 2 is 2.00 bits per heavy atom. The van der Waals surface area contributed by atoms with Crippen molar-refractivity contribution < 1.29 is 4.21 Å². The van der Waals surface area contributed by atoms with Gasteiger partial charge in [-0.25, -0.2) is 4.98 Å². The SMILES string of the molecule is CC(C)(C)c1nc(N2CCS(=O)CC2)sc1CNC1CC1. The first kappa shape index (κ1) is 15.4. The summed E-state index contributed by atoms with van der Waals surface area (Å²) in [5.41, 5.74) is 1.30. The van der Waals surface area contributed by atoms with Crippen LogP contribution in [0.3, 0.4) is 0 Å². The summed E-state index contributed by atoms with van der Waals surface area (Å²) in [5, 5.41) is 4.73. The molecule has 3 rings (SSSR count). The van der Waals surface area contributed by atoms with Crippen LogP contribution in [-0.2, 0) is 22.8 Å². The van der Waals surface area contributed by atoms with E-state index in [1.807, 2.05) is 11.3 Å². The second kappa shape index (κ2) is 5.97. The number of anilines is 1. The lowest BCUT2D eigenvalue weighted by atomic mass is 9.91. The fourth-order valence-corrected chi connectivity index (χ4v) is 4.86. The van der Waals surface area contributed by atoms with Crippen molar-refractivity contribution in [3.8, 4) is 0 Å². The van der Waals surface area contributed by atoms with Gasteiger partial charge in [-0.3, -0.25) is 4.21 Å². The Balaban J connectivity index is 1.78. The van der Waals surface area contributed by atoms with Crippen molar-refractivity contribution in [2.45, 2.75) is 51.6 Å². The van der Waals surface area contributed by atoms with Crippen LogP contribution in [0.15, 0.2) is 0 Å². The van der Waals surface area contributed by atoms with Gasteiger partial charge < -0.3 is 10.2 Å². The third-order valence-corrected chi connectivity index (χ3v) is 6.37. The van der Waals surface area contributed by atoms with E-state index in [2.05, 4.69) is 31.0 Å². The van der Waals surface area contributed by atoms with Crippen LogP contribution in [0, 0.1) is 0 Å². The molecule has 1 saturated heterocycles. The summed E-state index contributed by atoms with van der Waals surface area (Å²) in [6.45, 7) is 9.39. The molecular weight excluding hydrogens is 302 g/mol. The van der Waals surface area contributed by atoms with Gasteiger partial charge in [-0.05, 0) is 12.8 Å². The van der Waals surface area contributed by atoms with Crippen LogP contribution >= 0.6 is 11.3 Å². The molecule has 0 bridgehead atoms. The molecule has 4 nitrogen and oxygen atoms in total. The van der Waals surface area contributed by atoms with Gasteiger partial charge in [0.2, 0.25) is 0 Å². The Morgan fingerprint density at radius 1 is 1.33 bits per heavy atom. The molecule has 1 aromatic heterocycles. The van der Waals surface area contributed by atoms with Crippen molar-refractivity contribution in [2.24, 2.45) is 0 Å². The first-order valence-corrected chi connectivity index (χ1v) is 10.1. The Bertz CT molecular complexity index is 522. The van der Waals surface area contributed by atoms with E-state index in [-0.39, 0.29) is 5.41 Å². The van der Waals surface area contributed by atoms with E-state index in [9.17, 15) is 4.21 Å². The van der Waals surface area contributed by atoms with Gasteiger partial charge in [-0.15, -0.1) is 11.3 Å². The summed E-state index contributed by atoms with van der Waals surface area (Å²) in [5.74, 6) is 1.56. The number of thiazole rings is 1. The highest BCUT2D eigenvalue weighted by atomic mass is 32.2. The highest BCUT2D eigenvalue weighted by molar-refractivity contribution is 7.85. The number of hydrogen-bond donors (Lipinski definition) is 1. The van der Waals surface area contributed by atoms with E-state index in [0.29, 0.717) is 0 Å². The molecular formula is C15H25N3OS2. The van der Waals surface area contributed by atoms with Crippen molar-refractivity contribution in [1.82, 2.24) is 10.3 Å². The predicted octanol–water partition coefficient (Wildman–Crippen LogP) is 2.26. The molecule has 0 amide bonds. The van der Waals surface area contributed by atoms with E-state index in [4.69, 9.17) is 4.98 Å². The maximum Gasteiger partial charge on any atom is 0.185 e. The Kier molecular flexibility index (Phi) is 4.39. The van der Waals surface area contributed by atoms with Crippen LogP contribution in [0.5, 0.6) is 0 Å². The van der Waals surface area contributed by atoms with E-state index in [1.54, 1.807) is 0 Å². The molecule has 0 atom stereocenters. The molecule has 1 aliphatic carbocycles. The lowest BCUT2D eigenvalue weighted by molar-refractivity contribution is 0.558. The molecule has 0 unspecified atom stereocenters. The zero-order valence-electron chi connectivity index (χ0n) is 13.1. The Morgan fingerprint density at radius 3 is 2.57 bits per heavy atom. The fraction of sp³-hybridized carbons (Fsp3) is 0.800. The minimum atomic E-state index is -0.629. The molecule has 2 heterocycles. The minimum absolute atomic E-state index is 0.0773. The molecule has 0 spiro atoms. The number of nitrogens with one attached hydrogen (secondary N) is 1. The number of hydrogen-bond acceptors (Lipinski definition) is 5. The molecule has 118 valence electrons. The zero-order chi connectivity index (χ0) is 15.0. The average Bonchev–Trinajstić information content (AvgIpc) is 3.14. The van der Waals surface area contributed by atoms with E-state index >= 15 is 0 Å². The van der Waals surface area contributed by atoms with Crippen molar-refractivity contribution in [3.63, 3.8) is 0 Å². The second-order valence-corrected chi connectivity index (χ2v) is 9.77. The van der Waals surface area contributed by atoms with Crippen molar-refractivity contribution >= 4 is 27.3 Å². The summed E-state index contributed by atoms with van der Waals surface area (Å²) < 4.78 is 11.5. The molecule has 2 aliphatic rings. The third-order valence-electron chi connectivity index (χ3n) is 3.97. The Hall–Kier alpha value is -0.460. The van der Waals surface area contributed by atoms with Gasteiger partial charge in [0.1, 0.15) is 0 Å². The molecule has 1 aromatic rings. The molecule has 1 aliphatic heterocycles. The summed E-state index contributed by atoms with van der Waals surface area (Å²) in [6.07, 6.45) is 2.63. The van der Waals surface area contributed by atoms with E-state index in [1.165, 1.54) is 23.4 Å². The molecule has 0 aromatic carbocycles. The largest absolute Gasteiger partial charge is 0.346 e. The van der Waals surface area contributed by atoms with Crippen LogP contribution in [0.25, 0.3) is 0 Å². The van der Waals surface area contributed by atoms with Gasteiger partial charge in [0, 0.05) is 58.3 Å². The highest BCUT2D eigenvalue weighted by Gasteiger charge is 2.28. The van der Waals surface area contributed by atoms with Crippen LogP contribution in [0.1, 0.15) is 44.2 Å². The first-order valence-electron chi connectivity index (χ1n) is 7.77. The average molecular weight is 328 g/mol. The van der Waals surface area contributed by atoms with Crippen molar-refractivity contribution in [1.29, 1.82) is 0 Å². The number of aromatic nitrogens is 1. The zero-order valence-corrected chi connectivity index (χ0v) is 14.8. The van der Waals surface area contributed by atoms with E-state index < -0.39 is 10.8 Å². The highest BCUT2D eigenvalue weighted by Crippen LogP contribution is 2.34. The maximum atomic E-state index is 11.5. The third kappa shape index (κ3) is 3.85. The Labute approximate surface area is 133 Å². The standard InChI is InChI=1S/C15H25N3OS2/c1-15(2,3)13-12(10-16-11-4-5-11)20-14(17-13)18-6-8-21(19)9-7-18/h11,16H,4-10H2,1-3H3. The van der Waals surface area contributed by atoms with Crippen LogP contribution < -0.4 is 10.2 Å². The van der Waals surface area contributed by atoms with Crippen molar-refractivity contribution in [2.75, 3.05) is 29.5 Å². The lowest BCUT2D eigenvalue weighted by Gasteiger charge is -2.25. The lowest BCUT2D eigenvalue weighted by Crippen LogP contribution is -2.37. The molecule has 2 fully saturated rings. The molecule has 0 radical (unpaired) electrons. The molecule has 21 heavy (non-hydrogen) atoms. The number of nitrogens with zero attached hydrogens (tertiary/aromatic N) is 2. The van der Waals surface area contributed by atoms with Gasteiger partial charge >= 0.3 is 0 Å². The molecule has 1 N–H and O–H groups in total. The van der Waals surface area contributed by atoms with Gasteiger partial charge in [-0.1, -0.05) is 20.8 Å². The number of rotatable bonds is 4. The van der Waals surface area contributed by atoms with E-state index in [0.717, 1.165) is 42.3 Å². The summed E-state index contributed by atoms with van der Waals surface area (Å²) in [6, 6.07) is 0.723. The molecule has 1 saturated carbocycles. The monoisotopic (exact) mass is 327 g/mol. The first-order chi connectivity index (χ1) is 9.93. The quantitative estimate of drug-likeness (QED) is 0.921. The predicted molar refractivity (Wildman–Crippen MR) is 90.8 cm³/mol. The van der Waals surface area contributed by atoms with Crippen LogP contribution in [-0.4, -0.2) is 39.8 Å². The topological polar surface area (TPSA) is 45.2 Å². The summed E-state index contributed by atoms with van der Waals surface area (Å²) in [7, 11) is -0.629.